The van der Waals surface area contributed by atoms with Gasteiger partial charge in [0.1, 0.15) is 0 Å². The Hall–Kier alpha value is -2.69. The van der Waals surface area contributed by atoms with Gasteiger partial charge < -0.3 is 5.32 Å². The second-order valence-corrected chi connectivity index (χ2v) is 6.71. The number of carbonyl (C=O) groups excluding carboxylic acids is 1. The summed E-state index contributed by atoms with van der Waals surface area (Å²) >= 11 is 0. The highest BCUT2D eigenvalue weighted by molar-refractivity contribution is 5.96. The van der Waals surface area contributed by atoms with Gasteiger partial charge in [-0.3, -0.25) is 4.79 Å². The molecule has 1 aromatic carbocycles. The molecule has 26 heavy (non-hydrogen) atoms. The number of aromatic nitrogens is 3. The fourth-order valence-corrected chi connectivity index (χ4v) is 3.15. The maximum absolute atomic E-state index is 12.7. The number of rotatable bonds is 6. The van der Waals surface area contributed by atoms with Crippen LogP contribution >= 0.6 is 0 Å². The van der Waals surface area contributed by atoms with Crippen LogP contribution in [0.1, 0.15) is 55.4 Å². The zero-order chi connectivity index (χ0) is 18.7. The molecule has 1 atom stereocenters. The van der Waals surface area contributed by atoms with Crippen molar-refractivity contribution in [2.75, 3.05) is 0 Å². The zero-order valence-electron chi connectivity index (χ0n) is 15.9. The third-order valence-corrected chi connectivity index (χ3v) is 4.70. The van der Waals surface area contributed by atoms with E-state index in [1.165, 1.54) is 0 Å². The summed E-state index contributed by atoms with van der Waals surface area (Å²) in [4.78, 5) is 17.3. The van der Waals surface area contributed by atoms with Crippen LogP contribution in [0.5, 0.6) is 0 Å². The number of nitrogens with one attached hydrogen (secondary N) is 1. The van der Waals surface area contributed by atoms with E-state index in [2.05, 4.69) is 36.3 Å². The lowest BCUT2D eigenvalue weighted by Gasteiger charge is -2.14. The van der Waals surface area contributed by atoms with E-state index in [9.17, 15) is 4.79 Å². The van der Waals surface area contributed by atoms with Gasteiger partial charge >= 0.3 is 0 Å². The minimum absolute atomic E-state index is 0.0772. The van der Waals surface area contributed by atoms with Gasteiger partial charge in [0.25, 0.3) is 5.91 Å². The van der Waals surface area contributed by atoms with Crippen molar-refractivity contribution in [2.45, 2.75) is 53.0 Å². The van der Waals surface area contributed by atoms with Gasteiger partial charge in [-0.1, -0.05) is 50.6 Å². The lowest BCUT2D eigenvalue weighted by atomic mass is 10.1. The molecule has 2 aromatic heterocycles. The third kappa shape index (κ3) is 3.34. The molecule has 5 heteroatoms. The zero-order valence-corrected chi connectivity index (χ0v) is 15.9. The Morgan fingerprint density at radius 3 is 2.62 bits per heavy atom. The van der Waals surface area contributed by atoms with Gasteiger partial charge in [-0.15, -0.1) is 0 Å². The number of aryl methyl sites for hydroxylation is 2. The maximum Gasteiger partial charge on any atom is 0.254 e. The molecular weight excluding hydrogens is 324 g/mol. The third-order valence-electron chi connectivity index (χ3n) is 4.70. The molecule has 1 N–H and O–H groups in total. The molecule has 136 valence electrons. The number of hydrogen-bond donors (Lipinski definition) is 1. The summed E-state index contributed by atoms with van der Waals surface area (Å²) in [5, 5.41) is 7.77. The second-order valence-electron chi connectivity index (χ2n) is 6.71. The quantitative estimate of drug-likeness (QED) is 0.725. The van der Waals surface area contributed by atoms with E-state index in [0.29, 0.717) is 5.56 Å². The van der Waals surface area contributed by atoms with Crippen LogP contribution < -0.4 is 5.32 Å². The van der Waals surface area contributed by atoms with Gasteiger partial charge in [0, 0.05) is 17.8 Å². The summed E-state index contributed by atoms with van der Waals surface area (Å²) in [5.41, 5.74) is 5.37. The number of hydrogen-bond acceptors (Lipinski definition) is 3. The van der Waals surface area contributed by atoms with E-state index < -0.39 is 0 Å². The van der Waals surface area contributed by atoms with Gasteiger partial charge in [-0.05, 0) is 32.3 Å². The van der Waals surface area contributed by atoms with E-state index in [0.717, 1.165) is 47.4 Å². The second kappa shape index (κ2) is 7.68. The van der Waals surface area contributed by atoms with Gasteiger partial charge in [-0.2, -0.15) is 5.10 Å². The molecule has 0 fully saturated rings. The Morgan fingerprint density at radius 1 is 1.23 bits per heavy atom. The SMILES string of the molecule is CCCc1c(C(=O)N[C@H](C)CC)cnc2c(-c3ccccc3)c(C)nn12. The summed E-state index contributed by atoms with van der Waals surface area (Å²) < 4.78 is 1.85. The summed E-state index contributed by atoms with van der Waals surface area (Å²) in [6.45, 7) is 8.17. The van der Waals surface area contributed by atoms with Crippen LogP contribution in [0.25, 0.3) is 16.8 Å². The number of benzene rings is 1. The molecule has 0 spiro atoms. The molecule has 3 aromatic rings. The van der Waals surface area contributed by atoms with Crippen molar-refractivity contribution < 1.29 is 4.79 Å². The van der Waals surface area contributed by atoms with Crippen LogP contribution in [0.15, 0.2) is 36.5 Å². The fraction of sp³-hybridized carbons (Fsp3) is 0.381. The first-order valence-corrected chi connectivity index (χ1v) is 9.30. The van der Waals surface area contributed by atoms with Gasteiger partial charge in [0.2, 0.25) is 0 Å². The summed E-state index contributed by atoms with van der Waals surface area (Å²) in [6, 6.07) is 10.3. The van der Waals surface area contributed by atoms with Crippen LogP contribution in [0.3, 0.4) is 0 Å². The minimum Gasteiger partial charge on any atom is -0.349 e. The number of carbonyl (C=O) groups is 1. The van der Waals surface area contributed by atoms with Crippen LogP contribution in [-0.2, 0) is 6.42 Å². The van der Waals surface area contributed by atoms with Crippen molar-refractivity contribution in [3.05, 3.63) is 53.5 Å². The van der Waals surface area contributed by atoms with Crippen molar-refractivity contribution in [3.8, 4) is 11.1 Å². The Labute approximate surface area is 154 Å². The van der Waals surface area contributed by atoms with E-state index in [1.54, 1.807) is 6.20 Å². The van der Waals surface area contributed by atoms with Crippen LogP contribution in [0.2, 0.25) is 0 Å². The average Bonchev–Trinajstić information content (AvgIpc) is 2.99. The lowest BCUT2D eigenvalue weighted by Crippen LogP contribution is -2.33. The van der Waals surface area contributed by atoms with E-state index >= 15 is 0 Å². The molecule has 0 aliphatic rings. The van der Waals surface area contributed by atoms with Crippen molar-refractivity contribution in [1.29, 1.82) is 0 Å². The van der Waals surface area contributed by atoms with Crippen molar-refractivity contribution in [1.82, 2.24) is 19.9 Å². The molecule has 0 saturated heterocycles. The largest absolute Gasteiger partial charge is 0.349 e. The Balaban J connectivity index is 2.16. The first-order chi connectivity index (χ1) is 12.6. The highest BCUT2D eigenvalue weighted by Gasteiger charge is 2.21. The number of fused-ring (bicyclic) bond motifs is 1. The highest BCUT2D eigenvalue weighted by Crippen LogP contribution is 2.28. The predicted molar refractivity (Wildman–Crippen MR) is 104 cm³/mol. The molecule has 1 amide bonds. The fourth-order valence-electron chi connectivity index (χ4n) is 3.15. The Bertz CT molecular complexity index is 915. The van der Waals surface area contributed by atoms with Gasteiger partial charge in [0.05, 0.1) is 17.0 Å². The van der Waals surface area contributed by atoms with Gasteiger partial charge in [0.15, 0.2) is 5.65 Å². The van der Waals surface area contributed by atoms with Gasteiger partial charge in [-0.25, -0.2) is 9.50 Å². The van der Waals surface area contributed by atoms with Crippen LogP contribution in [0, 0.1) is 6.92 Å². The molecule has 0 radical (unpaired) electrons. The molecule has 2 heterocycles. The molecular formula is C21H26N4O. The van der Waals surface area contributed by atoms with Crippen molar-refractivity contribution >= 4 is 11.6 Å². The number of amides is 1. The smallest absolute Gasteiger partial charge is 0.254 e. The van der Waals surface area contributed by atoms with E-state index in [1.807, 2.05) is 36.6 Å². The Kier molecular flexibility index (Phi) is 5.35. The average molecular weight is 350 g/mol. The summed E-state index contributed by atoms with van der Waals surface area (Å²) in [5.74, 6) is -0.0772. The molecule has 0 saturated carbocycles. The van der Waals surface area contributed by atoms with Crippen molar-refractivity contribution in [3.63, 3.8) is 0 Å². The molecule has 0 bridgehead atoms. The number of nitrogens with zero attached hydrogens (tertiary/aromatic N) is 3. The highest BCUT2D eigenvalue weighted by atomic mass is 16.1. The summed E-state index contributed by atoms with van der Waals surface area (Å²) in [7, 11) is 0. The van der Waals surface area contributed by atoms with E-state index in [-0.39, 0.29) is 11.9 Å². The van der Waals surface area contributed by atoms with E-state index in [4.69, 9.17) is 5.10 Å². The van der Waals surface area contributed by atoms with Crippen LogP contribution in [-0.4, -0.2) is 26.5 Å². The summed E-state index contributed by atoms with van der Waals surface area (Å²) in [6.07, 6.45) is 4.30. The molecule has 0 aliphatic heterocycles. The van der Waals surface area contributed by atoms with Crippen molar-refractivity contribution in [2.24, 2.45) is 0 Å². The van der Waals surface area contributed by atoms with Crippen LogP contribution in [0.4, 0.5) is 0 Å². The first kappa shape index (κ1) is 18.1. The molecule has 5 nitrogen and oxygen atoms in total. The first-order valence-electron chi connectivity index (χ1n) is 9.30. The monoisotopic (exact) mass is 350 g/mol. The minimum atomic E-state index is -0.0772. The predicted octanol–water partition coefficient (Wildman–Crippen LogP) is 4.19. The molecule has 0 unspecified atom stereocenters. The maximum atomic E-state index is 12.7. The standard InChI is InChI=1S/C21H26N4O/c1-5-10-18-17(21(26)23-14(3)6-2)13-22-20-19(15(4)24-25(18)20)16-11-8-7-9-12-16/h7-9,11-14H,5-6,10H2,1-4H3,(H,23,26)/t14-/m1/s1. The lowest BCUT2D eigenvalue weighted by molar-refractivity contribution is 0.0937. The normalized spacial score (nSPS) is 12.3. The molecule has 0 aliphatic carbocycles. The topological polar surface area (TPSA) is 59.3 Å². The molecule has 3 rings (SSSR count). The Morgan fingerprint density at radius 2 is 1.96 bits per heavy atom.